The van der Waals surface area contributed by atoms with Crippen LogP contribution in [0.25, 0.3) is 0 Å². The summed E-state index contributed by atoms with van der Waals surface area (Å²) >= 11 is -0.200. The lowest BCUT2D eigenvalue weighted by Crippen LogP contribution is -2.36. The van der Waals surface area contributed by atoms with Gasteiger partial charge < -0.3 is 20.5 Å². The summed E-state index contributed by atoms with van der Waals surface area (Å²) in [5.41, 5.74) is 1.67. The van der Waals surface area contributed by atoms with Gasteiger partial charge in [0.1, 0.15) is 0 Å². The van der Waals surface area contributed by atoms with E-state index in [1.54, 1.807) is 12.1 Å². The molecule has 0 aliphatic rings. The highest BCUT2D eigenvalue weighted by molar-refractivity contribution is 8.00. The number of methoxy groups -OCH3 is 2. The average molecular weight is 338 g/mol. The number of anilines is 1. The van der Waals surface area contributed by atoms with E-state index in [1.807, 2.05) is 0 Å². The number of carbonyl (C=O) groups excluding carboxylic acids is 1. The van der Waals surface area contributed by atoms with Gasteiger partial charge >= 0.3 is 5.51 Å². The number of carbonyl (C=O) groups is 1. The standard InChI is InChI=1S/C13H17F3N2O3S/c1-20-10-4-3-8(7-11(10)21-2)18-12(19)9(17)5-6-22-13(14,15)16/h3-4,7,9H,5-6,17H2,1-2H3,(H,18,19)/t9-/m0/s1. The normalized spacial score (nSPS) is 12.6. The number of halogens is 3. The summed E-state index contributed by atoms with van der Waals surface area (Å²) in [5, 5.41) is 2.53. The molecular weight excluding hydrogens is 321 g/mol. The Balaban J connectivity index is 2.57. The van der Waals surface area contributed by atoms with Gasteiger partial charge in [-0.05, 0) is 18.6 Å². The lowest BCUT2D eigenvalue weighted by atomic mass is 10.2. The van der Waals surface area contributed by atoms with Crippen LogP contribution in [-0.2, 0) is 4.79 Å². The molecule has 0 heterocycles. The molecule has 0 fully saturated rings. The van der Waals surface area contributed by atoms with Gasteiger partial charge in [-0.25, -0.2) is 0 Å². The molecule has 3 N–H and O–H groups in total. The minimum atomic E-state index is -4.32. The Morgan fingerprint density at radius 3 is 2.50 bits per heavy atom. The van der Waals surface area contributed by atoms with Crippen molar-refractivity contribution in [1.29, 1.82) is 0 Å². The molecule has 0 saturated heterocycles. The Bertz CT molecular complexity index is 512. The lowest BCUT2D eigenvalue weighted by Gasteiger charge is -2.14. The summed E-state index contributed by atoms with van der Waals surface area (Å²) in [7, 11) is 2.92. The van der Waals surface area contributed by atoms with Gasteiger partial charge in [0.2, 0.25) is 5.91 Å². The van der Waals surface area contributed by atoms with Gasteiger partial charge in [-0.1, -0.05) is 11.8 Å². The van der Waals surface area contributed by atoms with Crippen molar-refractivity contribution in [2.24, 2.45) is 5.73 Å². The molecule has 1 atom stereocenters. The van der Waals surface area contributed by atoms with E-state index in [9.17, 15) is 18.0 Å². The first kappa shape index (κ1) is 18.4. The lowest BCUT2D eigenvalue weighted by molar-refractivity contribution is -0.117. The molecule has 0 aromatic heterocycles. The van der Waals surface area contributed by atoms with E-state index in [1.165, 1.54) is 20.3 Å². The van der Waals surface area contributed by atoms with Crippen molar-refractivity contribution in [3.8, 4) is 11.5 Å². The fourth-order valence-corrected chi connectivity index (χ4v) is 2.18. The molecule has 0 aliphatic carbocycles. The first-order chi connectivity index (χ1) is 10.3. The number of amides is 1. The van der Waals surface area contributed by atoms with Crippen molar-refractivity contribution in [3.63, 3.8) is 0 Å². The third kappa shape index (κ3) is 6.02. The molecule has 5 nitrogen and oxygen atoms in total. The Labute approximate surface area is 130 Å². The van der Waals surface area contributed by atoms with Gasteiger partial charge in [-0.15, -0.1) is 0 Å². The number of alkyl halides is 3. The maximum atomic E-state index is 12.0. The first-order valence-electron chi connectivity index (χ1n) is 6.26. The summed E-state index contributed by atoms with van der Waals surface area (Å²) in [4.78, 5) is 11.8. The predicted octanol–water partition coefficient (Wildman–Crippen LogP) is 2.61. The Hall–Kier alpha value is -1.61. The zero-order valence-electron chi connectivity index (χ0n) is 12.1. The largest absolute Gasteiger partial charge is 0.493 e. The summed E-state index contributed by atoms with van der Waals surface area (Å²) in [5.74, 6) is 0.0761. The van der Waals surface area contributed by atoms with Crippen LogP contribution in [0.5, 0.6) is 11.5 Å². The number of ether oxygens (including phenoxy) is 2. The number of benzene rings is 1. The minimum absolute atomic E-state index is 0.0801. The second kappa shape index (κ2) is 8.14. The van der Waals surface area contributed by atoms with E-state index < -0.39 is 17.5 Å². The maximum Gasteiger partial charge on any atom is 0.441 e. The number of nitrogens with one attached hydrogen (secondary N) is 1. The van der Waals surface area contributed by atoms with Crippen LogP contribution in [0.3, 0.4) is 0 Å². The predicted molar refractivity (Wildman–Crippen MR) is 79.3 cm³/mol. The number of rotatable bonds is 7. The highest BCUT2D eigenvalue weighted by Crippen LogP contribution is 2.31. The monoisotopic (exact) mass is 338 g/mol. The maximum absolute atomic E-state index is 12.0. The Kier molecular flexibility index (Phi) is 6.82. The fourth-order valence-electron chi connectivity index (χ4n) is 1.58. The van der Waals surface area contributed by atoms with Crippen LogP contribution in [0.1, 0.15) is 6.42 Å². The molecule has 0 radical (unpaired) electrons. The molecular formula is C13H17F3N2O3S. The summed E-state index contributed by atoms with van der Waals surface area (Å²) in [6, 6.07) is 3.69. The molecule has 0 bridgehead atoms. The van der Waals surface area contributed by atoms with Crippen LogP contribution in [-0.4, -0.2) is 37.4 Å². The van der Waals surface area contributed by atoms with Crippen LogP contribution in [0.4, 0.5) is 18.9 Å². The topological polar surface area (TPSA) is 73.6 Å². The van der Waals surface area contributed by atoms with Crippen LogP contribution in [0.2, 0.25) is 0 Å². The van der Waals surface area contributed by atoms with Gasteiger partial charge in [-0.3, -0.25) is 4.79 Å². The van der Waals surface area contributed by atoms with Gasteiger partial charge in [0.25, 0.3) is 0 Å². The van der Waals surface area contributed by atoms with Crippen LogP contribution in [0.15, 0.2) is 18.2 Å². The van der Waals surface area contributed by atoms with Gasteiger partial charge in [0.15, 0.2) is 11.5 Å². The molecule has 1 rings (SSSR count). The third-order valence-corrected chi connectivity index (χ3v) is 3.45. The number of hydrogen-bond donors (Lipinski definition) is 2. The fraction of sp³-hybridized carbons (Fsp3) is 0.462. The number of nitrogens with two attached hydrogens (primary N) is 1. The van der Waals surface area contributed by atoms with Crippen molar-refractivity contribution in [1.82, 2.24) is 0 Å². The molecule has 0 spiro atoms. The Morgan fingerprint density at radius 2 is 1.95 bits per heavy atom. The van der Waals surface area contributed by atoms with Crippen molar-refractivity contribution in [3.05, 3.63) is 18.2 Å². The minimum Gasteiger partial charge on any atom is -0.493 e. The highest BCUT2D eigenvalue weighted by Gasteiger charge is 2.28. The Morgan fingerprint density at radius 1 is 1.32 bits per heavy atom. The average Bonchev–Trinajstić information content (AvgIpc) is 2.45. The van der Waals surface area contributed by atoms with Crippen LogP contribution < -0.4 is 20.5 Å². The number of thioether (sulfide) groups is 1. The molecule has 0 saturated carbocycles. The first-order valence-corrected chi connectivity index (χ1v) is 7.24. The summed E-state index contributed by atoms with van der Waals surface area (Å²) < 4.78 is 46.2. The van der Waals surface area contributed by atoms with E-state index in [4.69, 9.17) is 15.2 Å². The molecule has 124 valence electrons. The van der Waals surface area contributed by atoms with Crippen molar-refractivity contribution in [2.75, 3.05) is 25.3 Å². The number of hydrogen-bond acceptors (Lipinski definition) is 5. The van der Waals surface area contributed by atoms with Gasteiger partial charge in [-0.2, -0.15) is 13.2 Å². The van der Waals surface area contributed by atoms with Gasteiger partial charge in [0, 0.05) is 17.5 Å². The summed E-state index contributed by atoms with van der Waals surface area (Å²) in [6.45, 7) is 0. The molecule has 22 heavy (non-hydrogen) atoms. The van der Waals surface area contributed by atoms with E-state index in [0.717, 1.165) is 0 Å². The van der Waals surface area contributed by atoms with E-state index >= 15 is 0 Å². The SMILES string of the molecule is COc1ccc(NC(=O)[C@@H](N)CCSC(F)(F)F)cc1OC. The summed E-state index contributed by atoms with van der Waals surface area (Å²) in [6.07, 6.45) is -0.0801. The zero-order valence-corrected chi connectivity index (χ0v) is 12.9. The third-order valence-electron chi connectivity index (χ3n) is 2.68. The smallest absolute Gasteiger partial charge is 0.441 e. The van der Waals surface area contributed by atoms with E-state index in [-0.39, 0.29) is 23.9 Å². The second-order valence-electron chi connectivity index (χ2n) is 4.25. The second-order valence-corrected chi connectivity index (χ2v) is 5.41. The van der Waals surface area contributed by atoms with Crippen LogP contribution in [0, 0.1) is 0 Å². The van der Waals surface area contributed by atoms with Crippen molar-refractivity contribution < 1.29 is 27.4 Å². The molecule has 0 unspecified atom stereocenters. The zero-order chi connectivity index (χ0) is 16.8. The van der Waals surface area contributed by atoms with Crippen LogP contribution >= 0.6 is 11.8 Å². The van der Waals surface area contributed by atoms with E-state index in [2.05, 4.69) is 5.32 Å². The highest BCUT2D eigenvalue weighted by atomic mass is 32.2. The molecule has 9 heteroatoms. The van der Waals surface area contributed by atoms with Crippen molar-refractivity contribution in [2.45, 2.75) is 18.0 Å². The molecule has 1 amide bonds. The molecule has 0 aliphatic heterocycles. The van der Waals surface area contributed by atoms with Gasteiger partial charge in [0.05, 0.1) is 20.3 Å². The van der Waals surface area contributed by atoms with Crippen molar-refractivity contribution >= 4 is 23.4 Å². The van der Waals surface area contributed by atoms with E-state index in [0.29, 0.717) is 17.2 Å². The molecule has 1 aromatic carbocycles. The molecule has 1 aromatic rings. The quantitative estimate of drug-likeness (QED) is 0.799.